The Labute approximate surface area is 231 Å². The molecular formula is C35H27NO3. The van der Waals surface area contributed by atoms with Crippen LogP contribution in [0.4, 0.5) is 0 Å². The van der Waals surface area contributed by atoms with Gasteiger partial charge in [0.2, 0.25) is 0 Å². The number of furan rings is 3. The first-order valence-electron chi connectivity index (χ1n) is 15.5. The molecule has 8 aromatic rings. The number of benzene rings is 4. The molecule has 0 spiro atoms. The second-order valence-electron chi connectivity index (χ2n) is 11.1. The fourth-order valence-corrected chi connectivity index (χ4v) is 5.74. The van der Waals surface area contributed by atoms with Gasteiger partial charge < -0.3 is 13.3 Å². The summed E-state index contributed by atoms with van der Waals surface area (Å²) in [6.07, 6.45) is -0.686. The maximum Gasteiger partial charge on any atom is 0.182 e. The van der Waals surface area contributed by atoms with Crippen LogP contribution in [0.25, 0.3) is 77.1 Å². The van der Waals surface area contributed by atoms with Crippen LogP contribution in [-0.4, -0.2) is 4.98 Å². The van der Waals surface area contributed by atoms with Crippen molar-refractivity contribution in [2.45, 2.75) is 34.0 Å². The highest BCUT2D eigenvalue weighted by atomic mass is 16.4. The van der Waals surface area contributed by atoms with Crippen molar-refractivity contribution < 1.29 is 20.1 Å². The van der Waals surface area contributed by atoms with Crippen molar-refractivity contribution in [3.63, 3.8) is 0 Å². The predicted octanol–water partition coefficient (Wildman–Crippen LogP) is 10.3. The molecule has 0 aliphatic rings. The van der Waals surface area contributed by atoms with Gasteiger partial charge in [-0.3, -0.25) is 4.98 Å². The molecule has 4 heterocycles. The highest BCUT2D eigenvalue weighted by molar-refractivity contribution is 6.37. The molecule has 0 unspecified atom stereocenters. The van der Waals surface area contributed by atoms with E-state index in [0.717, 1.165) is 43.5 Å². The number of pyridine rings is 1. The molecule has 8 rings (SSSR count). The van der Waals surface area contributed by atoms with Crippen molar-refractivity contribution in [3.05, 3.63) is 90.1 Å². The lowest BCUT2D eigenvalue weighted by atomic mass is 9.86. The number of rotatable bonds is 2. The molecule has 0 saturated heterocycles. The van der Waals surface area contributed by atoms with Gasteiger partial charge in [-0.05, 0) is 54.0 Å². The van der Waals surface area contributed by atoms with Crippen molar-refractivity contribution in [3.8, 4) is 11.3 Å². The highest BCUT2D eigenvalue weighted by Crippen LogP contribution is 2.48. The summed E-state index contributed by atoms with van der Waals surface area (Å²) < 4.78 is 61.9. The summed E-state index contributed by atoms with van der Waals surface area (Å²) in [5, 5.41) is 5.34. The Morgan fingerprint density at radius 2 is 1.36 bits per heavy atom. The van der Waals surface area contributed by atoms with E-state index in [1.165, 1.54) is 6.20 Å². The van der Waals surface area contributed by atoms with E-state index in [4.69, 9.17) is 20.1 Å². The molecule has 0 bridgehead atoms. The lowest BCUT2D eigenvalue weighted by Gasteiger charge is -2.20. The van der Waals surface area contributed by atoms with Crippen LogP contribution in [0.2, 0.25) is 0 Å². The molecule has 0 radical (unpaired) electrons. The molecule has 4 heteroatoms. The van der Waals surface area contributed by atoms with Crippen LogP contribution in [0, 0.1) is 12.3 Å². The first-order valence-corrected chi connectivity index (χ1v) is 13.0. The minimum Gasteiger partial charge on any atom is -0.455 e. The van der Waals surface area contributed by atoms with Crippen LogP contribution in [0.1, 0.15) is 38.8 Å². The third kappa shape index (κ3) is 3.21. The Kier molecular flexibility index (Phi) is 3.54. The number of nitrogens with zero attached hydrogens (tertiary/aromatic N) is 1. The Hall–Kier alpha value is -4.57. The van der Waals surface area contributed by atoms with Gasteiger partial charge in [0.05, 0.1) is 11.1 Å². The van der Waals surface area contributed by atoms with Crippen LogP contribution in [0.15, 0.2) is 92.2 Å². The van der Waals surface area contributed by atoms with Gasteiger partial charge in [-0.1, -0.05) is 69.3 Å². The molecule has 39 heavy (non-hydrogen) atoms. The number of hydrogen-bond donors (Lipinski definition) is 0. The molecule has 0 aliphatic carbocycles. The summed E-state index contributed by atoms with van der Waals surface area (Å²) in [6.45, 7) is 2.74. The zero-order valence-electron chi connectivity index (χ0n) is 26.7. The zero-order chi connectivity index (χ0) is 30.8. The van der Waals surface area contributed by atoms with Gasteiger partial charge in [0.1, 0.15) is 22.3 Å². The molecule has 0 amide bonds. The van der Waals surface area contributed by atoms with Crippen LogP contribution < -0.4 is 0 Å². The maximum absolute atomic E-state index is 8.98. The zero-order valence-corrected chi connectivity index (χ0v) is 21.7. The number of fused-ring (bicyclic) bond motifs is 12. The average Bonchev–Trinajstić information content (AvgIpc) is 3.66. The van der Waals surface area contributed by atoms with E-state index in [-0.39, 0.29) is 11.1 Å². The molecule has 4 nitrogen and oxygen atoms in total. The minimum absolute atomic E-state index is 0.0856. The number of para-hydroxylation sites is 3. The van der Waals surface area contributed by atoms with E-state index in [9.17, 15) is 0 Å². The van der Waals surface area contributed by atoms with E-state index in [1.54, 1.807) is 26.8 Å². The smallest absolute Gasteiger partial charge is 0.182 e. The Balaban J connectivity index is 1.50. The van der Waals surface area contributed by atoms with Crippen LogP contribution >= 0.6 is 0 Å². The third-order valence-corrected chi connectivity index (χ3v) is 7.28. The topological polar surface area (TPSA) is 52.3 Å². The Morgan fingerprint density at radius 1 is 0.718 bits per heavy atom. The largest absolute Gasteiger partial charge is 0.455 e. The van der Waals surface area contributed by atoms with Crippen molar-refractivity contribution in [2.24, 2.45) is 5.41 Å². The number of aryl methyl sites for hydroxylation is 1. The molecule has 4 aromatic carbocycles. The van der Waals surface area contributed by atoms with Gasteiger partial charge >= 0.3 is 0 Å². The fourth-order valence-electron chi connectivity index (χ4n) is 5.74. The van der Waals surface area contributed by atoms with Gasteiger partial charge in [0.25, 0.3) is 0 Å². The second-order valence-corrected chi connectivity index (χ2v) is 11.1. The van der Waals surface area contributed by atoms with Gasteiger partial charge in [0, 0.05) is 45.5 Å². The molecule has 4 aromatic heterocycles. The van der Waals surface area contributed by atoms with E-state index >= 15 is 0 Å². The predicted molar refractivity (Wildman–Crippen MR) is 159 cm³/mol. The van der Waals surface area contributed by atoms with Gasteiger partial charge in [-0.2, -0.15) is 0 Å². The first kappa shape index (κ1) is 17.8. The number of aromatic nitrogens is 1. The van der Waals surface area contributed by atoms with Crippen molar-refractivity contribution in [2.75, 3.05) is 0 Å². The summed E-state index contributed by atoms with van der Waals surface area (Å²) in [6, 6.07) is 23.1. The summed E-state index contributed by atoms with van der Waals surface area (Å²) in [4.78, 5) is 4.55. The molecule has 190 valence electrons. The van der Waals surface area contributed by atoms with E-state index in [1.807, 2.05) is 66.7 Å². The summed E-state index contributed by atoms with van der Waals surface area (Å²) in [5.41, 5.74) is 3.96. The molecule has 0 aliphatic heterocycles. The average molecular weight is 515 g/mol. The third-order valence-electron chi connectivity index (χ3n) is 7.28. The standard InChI is InChI=1S/C35H27NO3/c1-19-18-36-25(16-20(19)17-35(2,3)4)21-12-9-13-24-30-32-28(22-10-5-7-14-26(22)37-32)29-23-11-6-8-15-27(23)38-33(29)34(30)39-31(21)24/h5-16,18H,17H2,1-4H3/i1D3,17D2. The van der Waals surface area contributed by atoms with E-state index in [0.29, 0.717) is 33.6 Å². The normalized spacial score (nSPS) is 15.3. The van der Waals surface area contributed by atoms with Gasteiger partial charge in [-0.15, -0.1) is 0 Å². The molecule has 0 fully saturated rings. The minimum atomic E-state index is -2.54. The summed E-state index contributed by atoms with van der Waals surface area (Å²) in [5.74, 6) is 0. The number of hydrogen-bond acceptors (Lipinski definition) is 4. The second kappa shape index (κ2) is 7.73. The van der Waals surface area contributed by atoms with Gasteiger partial charge in [-0.25, -0.2) is 0 Å². The monoisotopic (exact) mass is 514 g/mol. The van der Waals surface area contributed by atoms with Crippen LogP contribution in [0.3, 0.4) is 0 Å². The first-order chi connectivity index (χ1) is 20.9. The summed E-state index contributed by atoms with van der Waals surface area (Å²) >= 11 is 0. The van der Waals surface area contributed by atoms with Crippen molar-refractivity contribution in [1.29, 1.82) is 0 Å². The lowest BCUT2D eigenvalue weighted by Crippen LogP contribution is -2.10. The molecular weight excluding hydrogens is 482 g/mol. The lowest BCUT2D eigenvalue weighted by molar-refractivity contribution is 0.410. The van der Waals surface area contributed by atoms with Crippen LogP contribution in [-0.2, 0) is 6.37 Å². The molecule has 0 atom stereocenters. The van der Waals surface area contributed by atoms with Crippen molar-refractivity contribution in [1.82, 2.24) is 4.98 Å². The fraction of sp³-hybridized carbons (Fsp3) is 0.171. The Bertz CT molecular complexity index is 2460. The van der Waals surface area contributed by atoms with Gasteiger partial charge in [0.15, 0.2) is 11.2 Å². The SMILES string of the molecule is [2H]C([2H])([2H])c1cnc(-c2cccc3c2oc2c4oc5ccccc5c4c4c5ccccc5oc4c32)cc1C([2H])([2H])C(C)(C)C. The maximum atomic E-state index is 8.98. The highest BCUT2D eigenvalue weighted by Gasteiger charge is 2.26. The van der Waals surface area contributed by atoms with E-state index in [2.05, 4.69) is 4.98 Å². The molecule has 0 N–H and O–H groups in total. The quantitative estimate of drug-likeness (QED) is 0.230. The Morgan fingerprint density at radius 3 is 2.08 bits per heavy atom. The van der Waals surface area contributed by atoms with E-state index < -0.39 is 18.6 Å². The van der Waals surface area contributed by atoms with Crippen molar-refractivity contribution >= 4 is 65.8 Å². The molecule has 0 saturated carbocycles. The summed E-state index contributed by atoms with van der Waals surface area (Å²) in [7, 11) is 0. The van der Waals surface area contributed by atoms with Crippen LogP contribution in [0.5, 0.6) is 0 Å².